The van der Waals surface area contributed by atoms with Gasteiger partial charge in [-0.15, -0.1) is 0 Å². The van der Waals surface area contributed by atoms with E-state index >= 15 is 0 Å². The third-order valence-corrected chi connectivity index (χ3v) is 5.33. The van der Waals surface area contributed by atoms with Crippen LogP contribution in [0.5, 0.6) is 5.75 Å². The molecule has 0 saturated heterocycles. The molecule has 0 aliphatic rings. The van der Waals surface area contributed by atoms with Crippen molar-refractivity contribution in [3.8, 4) is 5.75 Å². The van der Waals surface area contributed by atoms with Gasteiger partial charge in [0, 0.05) is 11.6 Å². The lowest BCUT2D eigenvalue weighted by Gasteiger charge is -2.10. The lowest BCUT2D eigenvalue weighted by molar-refractivity contribution is 0.0600. The molecule has 0 radical (unpaired) electrons. The summed E-state index contributed by atoms with van der Waals surface area (Å²) in [4.78, 5) is 11.4. The lowest BCUT2D eigenvalue weighted by Crippen LogP contribution is -2.29. The second kappa shape index (κ2) is 9.02. The zero-order valence-electron chi connectivity index (χ0n) is 14.5. The Morgan fingerprint density at radius 1 is 1.15 bits per heavy atom. The maximum atomic E-state index is 12.1. The highest BCUT2D eigenvalue weighted by atomic mass is 35.5. The van der Waals surface area contributed by atoms with Crippen LogP contribution < -0.4 is 9.46 Å². The molecule has 140 valence electrons. The Hall–Kier alpha value is -2.09. The molecule has 0 bridgehead atoms. The van der Waals surface area contributed by atoms with E-state index in [4.69, 9.17) is 16.3 Å². The summed E-state index contributed by atoms with van der Waals surface area (Å²) in [6.07, 6.45) is 0. The average Bonchev–Trinajstić information content (AvgIpc) is 2.61. The number of rotatable bonds is 8. The molecule has 0 aliphatic heterocycles. The van der Waals surface area contributed by atoms with Crippen molar-refractivity contribution in [3.05, 3.63) is 64.2 Å². The highest BCUT2D eigenvalue weighted by molar-refractivity contribution is 7.88. The van der Waals surface area contributed by atoms with Crippen LogP contribution in [0, 0.1) is 6.92 Å². The van der Waals surface area contributed by atoms with Gasteiger partial charge in [-0.2, -0.15) is 0 Å². The van der Waals surface area contributed by atoms with Gasteiger partial charge in [-0.25, -0.2) is 17.9 Å². The maximum absolute atomic E-state index is 12.1. The predicted molar refractivity (Wildman–Crippen MR) is 100 cm³/mol. The first-order valence-corrected chi connectivity index (χ1v) is 9.87. The van der Waals surface area contributed by atoms with Crippen molar-refractivity contribution in [2.24, 2.45) is 0 Å². The van der Waals surface area contributed by atoms with E-state index in [1.165, 1.54) is 19.2 Å². The first kappa shape index (κ1) is 20.2. The zero-order valence-corrected chi connectivity index (χ0v) is 16.1. The van der Waals surface area contributed by atoms with E-state index in [0.29, 0.717) is 21.9 Å². The molecule has 0 unspecified atom stereocenters. The molecule has 0 aromatic heterocycles. The van der Waals surface area contributed by atoms with E-state index in [9.17, 15) is 13.2 Å². The van der Waals surface area contributed by atoms with Gasteiger partial charge in [0.05, 0.1) is 18.4 Å². The fourth-order valence-electron chi connectivity index (χ4n) is 2.15. The molecule has 26 heavy (non-hydrogen) atoms. The number of aryl methyl sites for hydroxylation is 1. The summed E-state index contributed by atoms with van der Waals surface area (Å²) >= 11 is 6.01. The number of hydrogen-bond acceptors (Lipinski definition) is 5. The topological polar surface area (TPSA) is 81.7 Å². The standard InChI is InChI=1S/C18H20ClNO5S/c1-13-3-8-16(11-17(13)19)25-10-9-20-26(22,23)12-14-4-6-15(7-5-14)18(21)24-2/h3-8,11,20H,9-10,12H2,1-2H3. The van der Waals surface area contributed by atoms with Gasteiger partial charge in [0.15, 0.2) is 0 Å². The third-order valence-electron chi connectivity index (χ3n) is 3.57. The van der Waals surface area contributed by atoms with E-state index < -0.39 is 16.0 Å². The van der Waals surface area contributed by atoms with Crippen molar-refractivity contribution >= 4 is 27.6 Å². The Bertz CT molecular complexity index is 866. The minimum atomic E-state index is -3.51. The highest BCUT2D eigenvalue weighted by Gasteiger charge is 2.12. The first-order chi connectivity index (χ1) is 12.3. The number of benzene rings is 2. The Balaban J connectivity index is 1.82. The van der Waals surface area contributed by atoms with Crippen LogP contribution in [0.4, 0.5) is 0 Å². The van der Waals surface area contributed by atoms with Crippen molar-refractivity contribution in [1.29, 1.82) is 0 Å². The van der Waals surface area contributed by atoms with Crippen LogP contribution in [0.1, 0.15) is 21.5 Å². The normalized spacial score (nSPS) is 11.2. The summed E-state index contributed by atoms with van der Waals surface area (Å²) in [7, 11) is -2.23. The fraction of sp³-hybridized carbons (Fsp3) is 0.278. The minimum Gasteiger partial charge on any atom is -0.492 e. The molecule has 0 amide bonds. The molecule has 0 spiro atoms. The molecule has 0 heterocycles. The van der Waals surface area contributed by atoms with Crippen LogP contribution in [0.2, 0.25) is 5.02 Å². The lowest BCUT2D eigenvalue weighted by atomic mass is 10.1. The van der Waals surface area contributed by atoms with Gasteiger partial charge in [-0.3, -0.25) is 0 Å². The summed E-state index contributed by atoms with van der Waals surface area (Å²) in [5, 5.41) is 0.596. The first-order valence-electron chi connectivity index (χ1n) is 7.84. The summed E-state index contributed by atoms with van der Waals surface area (Å²) in [5.41, 5.74) is 1.88. The number of halogens is 1. The van der Waals surface area contributed by atoms with E-state index in [1.54, 1.807) is 24.3 Å². The molecule has 2 aromatic rings. The van der Waals surface area contributed by atoms with Crippen molar-refractivity contribution in [2.45, 2.75) is 12.7 Å². The zero-order chi connectivity index (χ0) is 19.2. The van der Waals surface area contributed by atoms with E-state index in [1.807, 2.05) is 13.0 Å². The van der Waals surface area contributed by atoms with Gasteiger partial charge >= 0.3 is 5.97 Å². The Morgan fingerprint density at radius 2 is 1.85 bits per heavy atom. The van der Waals surface area contributed by atoms with Crippen LogP contribution in [-0.2, 0) is 20.5 Å². The smallest absolute Gasteiger partial charge is 0.337 e. The number of carbonyl (C=O) groups is 1. The summed E-state index contributed by atoms with van der Waals surface area (Å²) in [5.74, 6) is -0.0748. The van der Waals surface area contributed by atoms with E-state index in [0.717, 1.165) is 5.56 Å². The van der Waals surface area contributed by atoms with E-state index in [-0.39, 0.29) is 18.9 Å². The molecular weight excluding hydrogens is 378 g/mol. The summed E-state index contributed by atoms with van der Waals surface area (Å²) in [6, 6.07) is 11.5. The van der Waals surface area contributed by atoms with Gasteiger partial charge in [-0.05, 0) is 42.3 Å². The summed E-state index contributed by atoms with van der Waals surface area (Å²) in [6.45, 7) is 2.20. The number of hydrogen-bond donors (Lipinski definition) is 1. The van der Waals surface area contributed by atoms with Gasteiger partial charge in [-0.1, -0.05) is 29.8 Å². The predicted octanol–water partition coefficient (Wildman–Crippen LogP) is 2.93. The van der Waals surface area contributed by atoms with Crippen molar-refractivity contribution in [1.82, 2.24) is 4.72 Å². The van der Waals surface area contributed by atoms with Crippen molar-refractivity contribution < 1.29 is 22.7 Å². The number of ether oxygens (including phenoxy) is 2. The largest absolute Gasteiger partial charge is 0.492 e. The van der Waals surface area contributed by atoms with Crippen LogP contribution in [-0.4, -0.2) is 34.6 Å². The summed E-state index contributed by atoms with van der Waals surface area (Å²) < 4.78 is 36.8. The SMILES string of the molecule is COC(=O)c1ccc(CS(=O)(=O)NCCOc2ccc(C)c(Cl)c2)cc1. The van der Waals surface area contributed by atoms with Gasteiger partial charge < -0.3 is 9.47 Å². The van der Waals surface area contributed by atoms with E-state index in [2.05, 4.69) is 9.46 Å². The van der Waals surface area contributed by atoms with Gasteiger partial charge in [0.1, 0.15) is 12.4 Å². The quantitative estimate of drug-likeness (QED) is 0.547. The molecule has 2 aromatic carbocycles. The monoisotopic (exact) mass is 397 g/mol. The molecule has 0 atom stereocenters. The van der Waals surface area contributed by atoms with Gasteiger partial charge in [0.25, 0.3) is 0 Å². The highest BCUT2D eigenvalue weighted by Crippen LogP contribution is 2.21. The molecular formula is C18H20ClNO5S. The Kier molecular flexibility index (Phi) is 7.02. The van der Waals surface area contributed by atoms with Crippen LogP contribution >= 0.6 is 11.6 Å². The average molecular weight is 398 g/mol. The van der Waals surface area contributed by atoms with Crippen LogP contribution in [0.25, 0.3) is 0 Å². The Labute approximate surface area is 158 Å². The third kappa shape index (κ3) is 6.01. The number of nitrogens with one attached hydrogen (secondary N) is 1. The van der Waals surface area contributed by atoms with Gasteiger partial charge in [0.2, 0.25) is 10.0 Å². The van der Waals surface area contributed by atoms with Crippen molar-refractivity contribution in [2.75, 3.05) is 20.3 Å². The second-order valence-corrected chi connectivity index (χ2v) is 7.82. The molecule has 6 nitrogen and oxygen atoms in total. The number of carbonyl (C=O) groups excluding carboxylic acids is 1. The number of esters is 1. The van der Waals surface area contributed by atoms with Crippen LogP contribution in [0.15, 0.2) is 42.5 Å². The molecule has 2 rings (SSSR count). The number of methoxy groups -OCH3 is 1. The molecule has 8 heteroatoms. The fourth-order valence-corrected chi connectivity index (χ4v) is 3.45. The number of sulfonamides is 1. The molecule has 0 aliphatic carbocycles. The second-order valence-electron chi connectivity index (χ2n) is 5.60. The van der Waals surface area contributed by atoms with Crippen LogP contribution in [0.3, 0.4) is 0 Å². The van der Waals surface area contributed by atoms with Crippen molar-refractivity contribution in [3.63, 3.8) is 0 Å². The molecule has 1 N–H and O–H groups in total. The molecule has 0 fully saturated rings. The maximum Gasteiger partial charge on any atom is 0.337 e. The Morgan fingerprint density at radius 3 is 2.46 bits per heavy atom. The molecule has 0 saturated carbocycles. The minimum absolute atomic E-state index is 0.133.